The van der Waals surface area contributed by atoms with Gasteiger partial charge in [-0.2, -0.15) is 0 Å². The minimum absolute atomic E-state index is 0.289. The smallest absolute Gasteiger partial charge is 0.222 e. The zero-order valence-electron chi connectivity index (χ0n) is 6.79. The van der Waals surface area contributed by atoms with Crippen LogP contribution in [0, 0.1) is 0 Å². The summed E-state index contributed by atoms with van der Waals surface area (Å²) in [4.78, 5) is 12.5. The Labute approximate surface area is 61.6 Å². The largest absolute Gasteiger partial charge is 0.400 e. The van der Waals surface area contributed by atoms with Crippen LogP contribution >= 0.6 is 0 Å². The number of carbonyl (C=O) groups excluding carboxylic acids is 1. The summed E-state index contributed by atoms with van der Waals surface area (Å²) < 4.78 is 0. The van der Waals surface area contributed by atoms with Crippen molar-refractivity contribution in [1.29, 1.82) is 0 Å². The van der Waals surface area contributed by atoms with Crippen LogP contribution in [0.1, 0.15) is 19.8 Å². The number of rotatable bonds is 0. The second kappa shape index (κ2) is 4.28. The maximum Gasteiger partial charge on any atom is 0.222 e. The molecule has 1 aliphatic rings. The molecule has 1 fully saturated rings. The highest BCUT2D eigenvalue weighted by Crippen LogP contribution is 2.14. The molecular formula is C7H15NO2. The molecule has 1 aliphatic heterocycles. The highest BCUT2D eigenvalue weighted by Gasteiger charge is 2.22. The molecule has 0 aliphatic carbocycles. The van der Waals surface area contributed by atoms with E-state index >= 15 is 0 Å². The normalized spacial score (nSPS) is 24.2. The van der Waals surface area contributed by atoms with E-state index in [9.17, 15) is 4.79 Å². The van der Waals surface area contributed by atoms with Gasteiger partial charge < -0.3 is 10.0 Å². The molecule has 0 spiro atoms. The average molecular weight is 145 g/mol. The molecule has 1 amide bonds. The lowest BCUT2D eigenvalue weighted by Gasteiger charge is -2.13. The fourth-order valence-corrected chi connectivity index (χ4v) is 0.948. The lowest BCUT2D eigenvalue weighted by Crippen LogP contribution is -2.25. The molecule has 1 rings (SSSR count). The van der Waals surface area contributed by atoms with Gasteiger partial charge >= 0.3 is 0 Å². The first-order valence-corrected chi connectivity index (χ1v) is 3.42. The Morgan fingerprint density at radius 1 is 1.60 bits per heavy atom. The van der Waals surface area contributed by atoms with Gasteiger partial charge in [0.25, 0.3) is 0 Å². The van der Waals surface area contributed by atoms with Crippen molar-refractivity contribution >= 4 is 5.91 Å². The van der Waals surface area contributed by atoms with Crippen LogP contribution in [0.2, 0.25) is 0 Å². The van der Waals surface area contributed by atoms with Crippen LogP contribution < -0.4 is 0 Å². The van der Waals surface area contributed by atoms with Gasteiger partial charge in [0.05, 0.1) is 0 Å². The molecular weight excluding hydrogens is 130 g/mol. The zero-order valence-corrected chi connectivity index (χ0v) is 6.79. The van der Waals surface area contributed by atoms with Gasteiger partial charge in [-0.3, -0.25) is 4.79 Å². The topological polar surface area (TPSA) is 40.5 Å². The Bertz CT molecular complexity index is 114. The summed E-state index contributed by atoms with van der Waals surface area (Å²) in [6.45, 7) is 2.07. The average Bonchev–Trinajstić information content (AvgIpc) is 2.25. The van der Waals surface area contributed by atoms with Gasteiger partial charge in [-0.15, -0.1) is 0 Å². The number of carbonyl (C=O) groups is 1. The third-order valence-electron chi connectivity index (χ3n) is 1.83. The lowest BCUT2D eigenvalue weighted by atomic mass is 10.2. The van der Waals surface area contributed by atoms with Crippen LogP contribution in [0.3, 0.4) is 0 Å². The van der Waals surface area contributed by atoms with Crippen molar-refractivity contribution in [3.05, 3.63) is 0 Å². The summed E-state index contributed by atoms with van der Waals surface area (Å²) in [5.74, 6) is 0.289. The Balaban J connectivity index is 0.000000371. The van der Waals surface area contributed by atoms with Gasteiger partial charge in [0.15, 0.2) is 0 Å². The Morgan fingerprint density at radius 2 is 2.10 bits per heavy atom. The van der Waals surface area contributed by atoms with E-state index in [4.69, 9.17) is 5.11 Å². The maximum atomic E-state index is 10.7. The molecule has 1 atom stereocenters. The SMILES string of the molecule is CC1CCC(=O)N1C.CO. The summed E-state index contributed by atoms with van der Waals surface area (Å²) in [6.07, 6.45) is 1.78. The molecule has 0 radical (unpaired) electrons. The number of aliphatic hydroxyl groups excluding tert-OH is 1. The Kier molecular flexibility index (Phi) is 4.03. The van der Waals surface area contributed by atoms with Crippen molar-refractivity contribution in [3.63, 3.8) is 0 Å². The molecule has 0 bridgehead atoms. The predicted octanol–water partition coefficient (Wildman–Crippen LogP) is 0.236. The minimum Gasteiger partial charge on any atom is -0.400 e. The molecule has 0 aromatic rings. The van der Waals surface area contributed by atoms with Crippen molar-refractivity contribution in [1.82, 2.24) is 4.90 Å². The maximum absolute atomic E-state index is 10.7. The third kappa shape index (κ3) is 1.99. The second-order valence-corrected chi connectivity index (χ2v) is 2.39. The van der Waals surface area contributed by atoms with Gasteiger partial charge in [-0.05, 0) is 13.3 Å². The number of hydrogen-bond acceptors (Lipinski definition) is 2. The lowest BCUT2D eigenvalue weighted by molar-refractivity contribution is -0.127. The predicted molar refractivity (Wildman–Crippen MR) is 39.6 cm³/mol. The summed E-state index contributed by atoms with van der Waals surface area (Å²) in [7, 11) is 2.86. The standard InChI is InChI=1S/C6H11NO.CH4O/c1-5-3-4-6(8)7(5)2;1-2/h5H,3-4H2,1-2H3;2H,1H3. The molecule has 0 aromatic heterocycles. The molecule has 1 N–H and O–H groups in total. The third-order valence-corrected chi connectivity index (χ3v) is 1.83. The Morgan fingerprint density at radius 3 is 2.20 bits per heavy atom. The molecule has 3 heteroatoms. The van der Waals surface area contributed by atoms with Crippen molar-refractivity contribution in [3.8, 4) is 0 Å². The van der Waals surface area contributed by atoms with Crippen molar-refractivity contribution in [2.45, 2.75) is 25.8 Å². The van der Waals surface area contributed by atoms with Gasteiger partial charge in [0, 0.05) is 26.6 Å². The zero-order chi connectivity index (χ0) is 8.15. The number of aliphatic hydroxyl groups is 1. The van der Waals surface area contributed by atoms with Crippen LogP contribution in [0.25, 0.3) is 0 Å². The van der Waals surface area contributed by atoms with E-state index in [-0.39, 0.29) is 5.91 Å². The Hall–Kier alpha value is -0.570. The molecule has 1 heterocycles. The first kappa shape index (κ1) is 9.43. The summed E-state index contributed by atoms with van der Waals surface area (Å²) in [5, 5.41) is 7.00. The fourth-order valence-electron chi connectivity index (χ4n) is 0.948. The number of likely N-dealkylation sites (tertiary alicyclic amines) is 1. The number of amides is 1. The monoisotopic (exact) mass is 145 g/mol. The van der Waals surface area contributed by atoms with E-state index in [2.05, 4.69) is 6.92 Å². The van der Waals surface area contributed by atoms with Crippen molar-refractivity contribution < 1.29 is 9.90 Å². The van der Waals surface area contributed by atoms with Gasteiger partial charge in [0.2, 0.25) is 5.91 Å². The molecule has 1 saturated heterocycles. The quantitative estimate of drug-likeness (QED) is 0.530. The van der Waals surface area contributed by atoms with Crippen LogP contribution in [-0.4, -0.2) is 36.1 Å². The van der Waals surface area contributed by atoms with Crippen molar-refractivity contribution in [2.24, 2.45) is 0 Å². The second-order valence-electron chi connectivity index (χ2n) is 2.39. The van der Waals surface area contributed by atoms with E-state index in [0.717, 1.165) is 20.0 Å². The van der Waals surface area contributed by atoms with Gasteiger partial charge in [-0.1, -0.05) is 0 Å². The summed E-state index contributed by atoms with van der Waals surface area (Å²) in [5.41, 5.74) is 0. The van der Waals surface area contributed by atoms with E-state index in [1.807, 2.05) is 7.05 Å². The number of hydrogen-bond donors (Lipinski definition) is 1. The van der Waals surface area contributed by atoms with E-state index in [1.165, 1.54) is 0 Å². The molecule has 1 unspecified atom stereocenters. The first-order chi connectivity index (χ1) is 4.72. The molecule has 3 nitrogen and oxygen atoms in total. The molecule has 0 saturated carbocycles. The first-order valence-electron chi connectivity index (χ1n) is 3.42. The van der Waals surface area contributed by atoms with Gasteiger partial charge in [0.1, 0.15) is 0 Å². The minimum atomic E-state index is 0.289. The van der Waals surface area contributed by atoms with E-state index < -0.39 is 0 Å². The summed E-state index contributed by atoms with van der Waals surface area (Å²) >= 11 is 0. The van der Waals surface area contributed by atoms with E-state index in [1.54, 1.807) is 4.90 Å². The number of nitrogens with zero attached hydrogens (tertiary/aromatic N) is 1. The van der Waals surface area contributed by atoms with Crippen LogP contribution in [-0.2, 0) is 4.79 Å². The molecule has 60 valence electrons. The van der Waals surface area contributed by atoms with Crippen LogP contribution in [0.5, 0.6) is 0 Å². The van der Waals surface area contributed by atoms with Crippen molar-refractivity contribution in [2.75, 3.05) is 14.2 Å². The van der Waals surface area contributed by atoms with E-state index in [0.29, 0.717) is 6.04 Å². The highest BCUT2D eigenvalue weighted by atomic mass is 16.2. The van der Waals surface area contributed by atoms with Crippen LogP contribution in [0.15, 0.2) is 0 Å². The van der Waals surface area contributed by atoms with Gasteiger partial charge in [-0.25, -0.2) is 0 Å². The molecule has 10 heavy (non-hydrogen) atoms. The van der Waals surface area contributed by atoms with Crippen LogP contribution in [0.4, 0.5) is 0 Å². The molecule has 0 aromatic carbocycles. The fraction of sp³-hybridized carbons (Fsp3) is 0.857. The summed E-state index contributed by atoms with van der Waals surface area (Å²) in [6, 6.07) is 0.475. The highest BCUT2D eigenvalue weighted by molar-refractivity contribution is 5.78.